The lowest BCUT2D eigenvalue weighted by Crippen LogP contribution is -2.38. The first-order valence-corrected chi connectivity index (χ1v) is 5.92. The zero-order chi connectivity index (χ0) is 11.6. The van der Waals surface area contributed by atoms with E-state index in [0.29, 0.717) is 17.9 Å². The predicted octanol–water partition coefficient (Wildman–Crippen LogP) is 2.22. The van der Waals surface area contributed by atoms with Crippen LogP contribution in [0.4, 0.5) is 0 Å². The lowest BCUT2D eigenvalue weighted by Gasteiger charge is -2.27. The van der Waals surface area contributed by atoms with Gasteiger partial charge < -0.3 is 5.11 Å². The molecule has 3 heteroatoms. The van der Waals surface area contributed by atoms with E-state index in [4.69, 9.17) is 5.11 Å². The van der Waals surface area contributed by atoms with Crippen molar-refractivity contribution in [3.63, 3.8) is 0 Å². The van der Waals surface area contributed by atoms with Crippen molar-refractivity contribution in [2.24, 2.45) is 11.8 Å². The van der Waals surface area contributed by atoms with E-state index in [9.17, 15) is 4.79 Å². The van der Waals surface area contributed by atoms with Gasteiger partial charge in [-0.3, -0.25) is 9.69 Å². The quantitative estimate of drug-likeness (QED) is 0.778. The largest absolute Gasteiger partial charge is 0.480 e. The normalized spacial score (nSPS) is 34.3. The van der Waals surface area contributed by atoms with Gasteiger partial charge in [0.05, 0.1) is 0 Å². The maximum atomic E-state index is 11.0. The second-order valence-corrected chi connectivity index (χ2v) is 5.05. The topological polar surface area (TPSA) is 40.5 Å². The highest BCUT2D eigenvalue weighted by Crippen LogP contribution is 2.32. The number of likely N-dealkylation sites (N-methyl/N-ethyl adjacent to an activating group) is 1. The Hall–Kier alpha value is -0.570. The third-order valence-electron chi connectivity index (χ3n) is 3.89. The van der Waals surface area contributed by atoms with Crippen LogP contribution in [0, 0.1) is 11.8 Å². The van der Waals surface area contributed by atoms with Crippen molar-refractivity contribution < 1.29 is 9.90 Å². The van der Waals surface area contributed by atoms with Gasteiger partial charge >= 0.3 is 5.97 Å². The molecule has 15 heavy (non-hydrogen) atoms. The molecule has 0 aromatic heterocycles. The molecular weight excluding hydrogens is 190 g/mol. The van der Waals surface area contributed by atoms with Crippen LogP contribution in [0.15, 0.2) is 0 Å². The fourth-order valence-electron chi connectivity index (χ4n) is 2.56. The molecule has 1 rings (SSSR count). The van der Waals surface area contributed by atoms with E-state index in [-0.39, 0.29) is 6.04 Å². The monoisotopic (exact) mass is 213 g/mol. The summed E-state index contributed by atoms with van der Waals surface area (Å²) < 4.78 is 0. The Kier molecular flexibility index (Phi) is 4.14. The molecule has 0 aromatic rings. The van der Waals surface area contributed by atoms with Crippen molar-refractivity contribution in [1.82, 2.24) is 4.90 Å². The highest BCUT2D eigenvalue weighted by molar-refractivity contribution is 5.74. The molecule has 1 aliphatic heterocycles. The first kappa shape index (κ1) is 12.5. The molecule has 0 aliphatic carbocycles. The van der Waals surface area contributed by atoms with Crippen molar-refractivity contribution in [3.05, 3.63) is 0 Å². The average molecular weight is 213 g/mol. The first-order chi connectivity index (χ1) is 6.97. The van der Waals surface area contributed by atoms with Crippen LogP contribution in [-0.4, -0.2) is 35.1 Å². The molecule has 88 valence electrons. The minimum absolute atomic E-state index is 0.269. The molecule has 0 saturated carbocycles. The zero-order valence-corrected chi connectivity index (χ0v) is 10.2. The summed E-state index contributed by atoms with van der Waals surface area (Å²) in [4.78, 5) is 13.1. The fourth-order valence-corrected chi connectivity index (χ4v) is 2.56. The lowest BCUT2D eigenvalue weighted by atomic mass is 9.92. The Morgan fingerprint density at radius 3 is 2.60 bits per heavy atom. The number of carboxylic acids is 1. The van der Waals surface area contributed by atoms with E-state index in [2.05, 4.69) is 25.7 Å². The van der Waals surface area contributed by atoms with Gasteiger partial charge in [0.15, 0.2) is 0 Å². The molecule has 1 aliphatic rings. The van der Waals surface area contributed by atoms with E-state index < -0.39 is 5.97 Å². The number of hydrogen-bond donors (Lipinski definition) is 1. The molecule has 1 saturated heterocycles. The van der Waals surface area contributed by atoms with E-state index in [0.717, 1.165) is 12.8 Å². The fraction of sp³-hybridized carbons (Fsp3) is 0.917. The summed E-state index contributed by atoms with van der Waals surface area (Å²) in [5, 5.41) is 9.07. The second-order valence-electron chi connectivity index (χ2n) is 5.05. The maximum absolute atomic E-state index is 11.0. The van der Waals surface area contributed by atoms with Crippen LogP contribution in [0.3, 0.4) is 0 Å². The molecule has 4 atom stereocenters. The Balaban J connectivity index is 2.62. The number of rotatable bonds is 4. The summed E-state index contributed by atoms with van der Waals surface area (Å²) in [5.41, 5.74) is 0. The van der Waals surface area contributed by atoms with Crippen molar-refractivity contribution in [1.29, 1.82) is 0 Å². The molecule has 0 amide bonds. The molecule has 1 fully saturated rings. The van der Waals surface area contributed by atoms with Gasteiger partial charge in [-0.1, -0.05) is 27.2 Å². The van der Waals surface area contributed by atoms with Crippen molar-refractivity contribution in [2.75, 3.05) is 7.05 Å². The number of hydrogen-bond acceptors (Lipinski definition) is 2. The third-order valence-corrected chi connectivity index (χ3v) is 3.89. The van der Waals surface area contributed by atoms with Crippen LogP contribution in [0.2, 0.25) is 0 Å². The number of likely N-dealkylation sites (tertiary alicyclic amines) is 1. The summed E-state index contributed by atoms with van der Waals surface area (Å²) in [6, 6.07) is 0.176. The number of nitrogens with zero attached hydrogens (tertiary/aromatic N) is 1. The average Bonchev–Trinajstić information content (AvgIpc) is 2.45. The van der Waals surface area contributed by atoms with Crippen LogP contribution < -0.4 is 0 Å². The lowest BCUT2D eigenvalue weighted by molar-refractivity contribution is -0.142. The highest BCUT2D eigenvalue weighted by atomic mass is 16.4. The summed E-state index contributed by atoms with van der Waals surface area (Å²) in [7, 11) is 1.95. The first-order valence-electron chi connectivity index (χ1n) is 5.92. The standard InChI is InChI=1S/C12H23NO2/c1-5-8(2)6-10-9(3)7-11(12(14)15)13(10)4/h8-11H,5-7H2,1-4H3,(H,14,15). The molecule has 4 unspecified atom stereocenters. The smallest absolute Gasteiger partial charge is 0.320 e. The van der Waals surface area contributed by atoms with Crippen LogP contribution in [-0.2, 0) is 4.79 Å². The van der Waals surface area contributed by atoms with Crippen LogP contribution in [0.5, 0.6) is 0 Å². The van der Waals surface area contributed by atoms with Crippen molar-refractivity contribution >= 4 is 5.97 Å². The third kappa shape index (κ3) is 2.71. The number of carbonyl (C=O) groups is 1. The van der Waals surface area contributed by atoms with Gasteiger partial charge in [0.25, 0.3) is 0 Å². The Morgan fingerprint density at radius 2 is 2.20 bits per heavy atom. The molecule has 0 spiro atoms. The van der Waals surface area contributed by atoms with Gasteiger partial charge in [0, 0.05) is 6.04 Å². The van der Waals surface area contributed by atoms with E-state index in [1.54, 1.807) is 0 Å². The summed E-state index contributed by atoms with van der Waals surface area (Å²) in [5.74, 6) is 0.522. The van der Waals surface area contributed by atoms with Gasteiger partial charge in [-0.05, 0) is 31.7 Å². The van der Waals surface area contributed by atoms with Crippen LogP contribution in [0.25, 0.3) is 0 Å². The molecule has 1 heterocycles. The van der Waals surface area contributed by atoms with Gasteiger partial charge in [0.1, 0.15) is 6.04 Å². The predicted molar refractivity (Wildman–Crippen MR) is 60.8 cm³/mol. The minimum atomic E-state index is -0.670. The molecule has 1 N–H and O–H groups in total. The number of aliphatic carboxylic acids is 1. The molecule has 0 radical (unpaired) electrons. The molecule has 3 nitrogen and oxygen atoms in total. The van der Waals surface area contributed by atoms with Crippen LogP contribution >= 0.6 is 0 Å². The van der Waals surface area contributed by atoms with Crippen molar-refractivity contribution in [2.45, 2.75) is 52.1 Å². The zero-order valence-electron chi connectivity index (χ0n) is 10.2. The van der Waals surface area contributed by atoms with Gasteiger partial charge in [-0.25, -0.2) is 0 Å². The second kappa shape index (κ2) is 4.97. The van der Waals surface area contributed by atoms with Gasteiger partial charge in [0.2, 0.25) is 0 Å². The Bertz CT molecular complexity index is 230. The molecular formula is C12H23NO2. The van der Waals surface area contributed by atoms with Gasteiger partial charge in [-0.2, -0.15) is 0 Å². The van der Waals surface area contributed by atoms with Crippen molar-refractivity contribution in [3.8, 4) is 0 Å². The van der Waals surface area contributed by atoms with E-state index in [1.807, 2.05) is 7.05 Å². The summed E-state index contributed by atoms with van der Waals surface area (Å²) in [6.45, 7) is 6.61. The minimum Gasteiger partial charge on any atom is -0.480 e. The Morgan fingerprint density at radius 1 is 1.60 bits per heavy atom. The van der Waals surface area contributed by atoms with E-state index in [1.165, 1.54) is 6.42 Å². The molecule has 0 bridgehead atoms. The summed E-state index contributed by atoms with van der Waals surface area (Å²) in [6.07, 6.45) is 3.10. The highest BCUT2D eigenvalue weighted by Gasteiger charge is 2.40. The van der Waals surface area contributed by atoms with E-state index >= 15 is 0 Å². The van der Waals surface area contributed by atoms with Gasteiger partial charge in [-0.15, -0.1) is 0 Å². The Labute approximate surface area is 92.5 Å². The molecule has 0 aromatic carbocycles. The summed E-state index contributed by atoms with van der Waals surface area (Å²) >= 11 is 0. The number of carboxylic acid groups (broad SMARTS) is 1. The van der Waals surface area contributed by atoms with Crippen LogP contribution in [0.1, 0.15) is 40.0 Å². The maximum Gasteiger partial charge on any atom is 0.320 e. The SMILES string of the molecule is CCC(C)CC1C(C)CC(C(=O)O)N1C.